The second-order valence-electron chi connectivity index (χ2n) is 4.70. The Kier molecular flexibility index (Phi) is 5.07. The number of benzene rings is 1. The number of hydrogen-bond donors (Lipinski definition) is 1. The predicted octanol–water partition coefficient (Wildman–Crippen LogP) is 2.60. The lowest BCUT2D eigenvalue weighted by atomic mass is 10.1. The molecule has 3 heteroatoms. The second-order valence-corrected chi connectivity index (χ2v) is 4.70. The molecule has 19 heavy (non-hydrogen) atoms. The summed E-state index contributed by atoms with van der Waals surface area (Å²) in [5.41, 5.74) is 8.34. The van der Waals surface area contributed by atoms with Crippen molar-refractivity contribution in [3.05, 3.63) is 66.0 Å². The molecule has 0 saturated heterocycles. The Morgan fingerprint density at radius 3 is 2.42 bits per heavy atom. The van der Waals surface area contributed by atoms with Crippen LogP contribution in [0.2, 0.25) is 0 Å². The molecule has 2 rings (SSSR count). The molecule has 1 aromatic heterocycles. The third-order valence-corrected chi connectivity index (χ3v) is 3.38. The summed E-state index contributed by atoms with van der Waals surface area (Å²) < 4.78 is 0. The molecule has 0 fully saturated rings. The van der Waals surface area contributed by atoms with Gasteiger partial charge in [-0.2, -0.15) is 0 Å². The standard InChI is InChI=1S/C16H21N3/c1-14(16-5-3-2-4-6-16)19(12-9-17)13-15-7-10-18-11-8-15/h2-8,10-11,14H,9,12-13,17H2,1H3. The lowest BCUT2D eigenvalue weighted by Crippen LogP contribution is -2.31. The van der Waals surface area contributed by atoms with Crippen LogP contribution >= 0.6 is 0 Å². The molecule has 0 bridgehead atoms. The molecular formula is C16H21N3. The molecule has 0 aliphatic rings. The fraction of sp³-hybridized carbons (Fsp3) is 0.312. The Hall–Kier alpha value is -1.71. The minimum atomic E-state index is 0.359. The van der Waals surface area contributed by atoms with E-state index in [0.29, 0.717) is 12.6 Å². The molecule has 0 spiro atoms. The van der Waals surface area contributed by atoms with Crippen LogP contribution in [0.4, 0.5) is 0 Å². The first-order valence-corrected chi connectivity index (χ1v) is 6.69. The van der Waals surface area contributed by atoms with Crippen molar-refractivity contribution >= 4 is 0 Å². The number of nitrogens with zero attached hydrogens (tertiary/aromatic N) is 2. The Bertz CT molecular complexity index is 470. The molecule has 2 aromatic rings. The third-order valence-electron chi connectivity index (χ3n) is 3.38. The summed E-state index contributed by atoms with van der Waals surface area (Å²) in [4.78, 5) is 6.45. The number of rotatable bonds is 6. The van der Waals surface area contributed by atoms with Crippen molar-refractivity contribution in [2.24, 2.45) is 5.73 Å². The van der Waals surface area contributed by atoms with Crippen molar-refractivity contribution in [2.75, 3.05) is 13.1 Å². The van der Waals surface area contributed by atoms with Gasteiger partial charge >= 0.3 is 0 Å². The van der Waals surface area contributed by atoms with E-state index in [2.05, 4.69) is 53.2 Å². The normalized spacial score (nSPS) is 12.6. The van der Waals surface area contributed by atoms with E-state index in [4.69, 9.17) is 5.73 Å². The highest BCUT2D eigenvalue weighted by Gasteiger charge is 2.15. The summed E-state index contributed by atoms with van der Waals surface area (Å²) in [6, 6.07) is 15.0. The van der Waals surface area contributed by atoms with Gasteiger partial charge in [0, 0.05) is 38.1 Å². The van der Waals surface area contributed by atoms with Crippen LogP contribution in [-0.4, -0.2) is 23.0 Å². The zero-order valence-electron chi connectivity index (χ0n) is 11.4. The van der Waals surface area contributed by atoms with Crippen LogP contribution in [0.15, 0.2) is 54.9 Å². The van der Waals surface area contributed by atoms with Gasteiger partial charge in [0.05, 0.1) is 0 Å². The van der Waals surface area contributed by atoms with E-state index in [1.165, 1.54) is 11.1 Å². The highest BCUT2D eigenvalue weighted by atomic mass is 15.2. The molecular weight excluding hydrogens is 234 g/mol. The predicted molar refractivity (Wildman–Crippen MR) is 78.6 cm³/mol. The van der Waals surface area contributed by atoms with E-state index in [-0.39, 0.29) is 0 Å². The van der Waals surface area contributed by atoms with Gasteiger partial charge in [0.25, 0.3) is 0 Å². The lowest BCUT2D eigenvalue weighted by Gasteiger charge is -2.29. The van der Waals surface area contributed by atoms with Crippen LogP contribution in [0.3, 0.4) is 0 Å². The van der Waals surface area contributed by atoms with Crippen LogP contribution in [-0.2, 0) is 6.54 Å². The molecule has 0 radical (unpaired) electrons. The first kappa shape index (κ1) is 13.7. The quantitative estimate of drug-likeness (QED) is 0.862. The highest BCUT2D eigenvalue weighted by molar-refractivity contribution is 5.19. The maximum absolute atomic E-state index is 5.74. The van der Waals surface area contributed by atoms with E-state index >= 15 is 0 Å². The third kappa shape index (κ3) is 3.88. The number of pyridine rings is 1. The Morgan fingerprint density at radius 1 is 1.11 bits per heavy atom. The summed E-state index contributed by atoms with van der Waals surface area (Å²) in [6.45, 7) is 4.68. The molecule has 0 aliphatic carbocycles. The number of aromatic nitrogens is 1. The van der Waals surface area contributed by atoms with Crippen LogP contribution in [0.25, 0.3) is 0 Å². The second kappa shape index (κ2) is 7.02. The highest BCUT2D eigenvalue weighted by Crippen LogP contribution is 2.21. The van der Waals surface area contributed by atoms with Gasteiger partial charge in [0.1, 0.15) is 0 Å². The van der Waals surface area contributed by atoms with Gasteiger partial charge in [-0.15, -0.1) is 0 Å². The van der Waals surface area contributed by atoms with E-state index in [9.17, 15) is 0 Å². The average molecular weight is 255 g/mol. The average Bonchev–Trinajstić information content (AvgIpc) is 2.48. The molecule has 1 heterocycles. The molecule has 2 N–H and O–H groups in total. The topological polar surface area (TPSA) is 42.1 Å². The smallest absolute Gasteiger partial charge is 0.0323 e. The Balaban J connectivity index is 2.11. The fourth-order valence-electron chi connectivity index (χ4n) is 2.24. The molecule has 1 atom stereocenters. The number of nitrogens with two attached hydrogens (primary N) is 1. The van der Waals surface area contributed by atoms with Crippen LogP contribution in [0.1, 0.15) is 24.1 Å². The van der Waals surface area contributed by atoms with Gasteiger partial charge < -0.3 is 5.73 Å². The van der Waals surface area contributed by atoms with Crippen LogP contribution in [0.5, 0.6) is 0 Å². The molecule has 0 saturated carbocycles. The van der Waals surface area contributed by atoms with Gasteiger partial charge in [0.15, 0.2) is 0 Å². The zero-order chi connectivity index (χ0) is 13.5. The SMILES string of the molecule is CC(c1ccccc1)N(CCN)Cc1ccncc1. The van der Waals surface area contributed by atoms with Crippen molar-refractivity contribution in [2.45, 2.75) is 19.5 Å². The van der Waals surface area contributed by atoms with Crippen LogP contribution in [0, 0.1) is 0 Å². The molecule has 1 aromatic carbocycles. The summed E-state index contributed by atoms with van der Waals surface area (Å²) in [6.07, 6.45) is 3.67. The molecule has 3 nitrogen and oxygen atoms in total. The van der Waals surface area contributed by atoms with Crippen molar-refractivity contribution < 1.29 is 0 Å². The molecule has 1 unspecified atom stereocenters. The van der Waals surface area contributed by atoms with Gasteiger partial charge in [-0.25, -0.2) is 0 Å². The Morgan fingerprint density at radius 2 is 1.79 bits per heavy atom. The van der Waals surface area contributed by atoms with Crippen LogP contribution < -0.4 is 5.73 Å². The molecule has 100 valence electrons. The summed E-state index contributed by atoms with van der Waals surface area (Å²) in [7, 11) is 0. The maximum atomic E-state index is 5.74. The number of hydrogen-bond acceptors (Lipinski definition) is 3. The summed E-state index contributed by atoms with van der Waals surface area (Å²) in [5.74, 6) is 0. The molecule has 0 amide bonds. The van der Waals surface area contributed by atoms with Crippen molar-refractivity contribution in [3.63, 3.8) is 0 Å². The lowest BCUT2D eigenvalue weighted by molar-refractivity contribution is 0.207. The van der Waals surface area contributed by atoms with Gasteiger partial charge in [-0.3, -0.25) is 9.88 Å². The van der Waals surface area contributed by atoms with Gasteiger partial charge in [-0.05, 0) is 30.2 Å². The first-order chi connectivity index (χ1) is 9.31. The largest absolute Gasteiger partial charge is 0.329 e. The monoisotopic (exact) mass is 255 g/mol. The molecule has 0 aliphatic heterocycles. The maximum Gasteiger partial charge on any atom is 0.0323 e. The minimum absolute atomic E-state index is 0.359. The first-order valence-electron chi connectivity index (χ1n) is 6.69. The minimum Gasteiger partial charge on any atom is -0.329 e. The van der Waals surface area contributed by atoms with Gasteiger partial charge in [0.2, 0.25) is 0 Å². The van der Waals surface area contributed by atoms with Crippen molar-refractivity contribution in [1.82, 2.24) is 9.88 Å². The Labute approximate surface area is 115 Å². The van der Waals surface area contributed by atoms with E-state index < -0.39 is 0 Å². The van der Waals surface area contributed by atoms with E-state index in [0.717, 1.165) is 13.1 Å². The fourth-order valence-corrected chi connectivity index (χ4v) is 2.24. The van der Waals surface area contributed by atoms with E-state index in [1.54, 1.807) is 0 Å². The summed E-state index contributed by atoms with van der Waals surface area (Å²) in [5, 5.41) is 0. The zero-order valence-corrected chi connectivity index (χ0v) is 11.4. The van der Waals surface area contributed by atoms with Crippen molar-refractivity contribution in [1.29, 1.82) is 0 Å². The summed E-state index contributed by atoms with van der Waals surface area (Å²) >= 11 is 0. The van der Waals surface area contributed by atoms with Gasteiger partial charge in [-0.1, -0.05) is 30.3 Å². The van der Waals surface area contributed by atoms with Crippen molar-refractivity contribution in [3.8, 4) is 0 Å². The van der Waals surface area contributed by atoms with E-state index in [1.807, 2.05) is 18.5 Å².